The SMILES string of the molecule is CNC(CC1OCCO1)c1c(Cl)cnn1C. The van der Waals surface area contributed by atoms with E-state index in [2.05, 4.69) is 10.4 Å². The zero-order valence-electron chi connectivity index (χ0n) is 9.44. The van der Waals surface area contributed by atoms with Crippen LogP contribution in [0.3, 0.4) is 0 Å². The largest absolute Gasteiger partial charge is 0.350 e. The first-order valence-corrected chi connectivity index (χ1v) is 5.68. The van der Waals surface area contributed by atoms with Crippen molar-refractivity contribution in [3.63, 3.8) is 0 Å². The molecule has 0 radical (unpaired) electrons. The lowest BCUT2D eigenvalue weighted by atomic mass is 10.1. The molecule has 0 aromatic carbocycles. The average Bonchev–Trinajstić information content (AvgIpc) is 2.87. The molecule has 2 rings (SSSR count). The van der Waals surface area contributed by atoms with Crippen LogP contribution in [0, 0.1) is 0 Å². The summed E-state index contributed by atoms with van der Waals surface area (Å²) in [5, 5.41) is 8.00. The van der Waals surface area contributed by atoms with Gasteiger partial charge in [0.15, 0.2) is 6.29 Å². The van der Waals surface area contributed by atoms with Crippen LogP contribution in [0.1, 0.15) is 18.2 Å². The first-order chi connectivity index (χ1) is 7.72. The van der Waals surface area contributed by atoms with E-state index in [1.54, 1.807) is 10.9 Å². The van der Waals surface area contributed by atoms with Crippen LogP contribution in [0.4, 0.5) is 0 Å². The molecule has 2 heterocycles. The minimum Gasteiger partial charge on any atom is -0.350 e. The first kappa shape index (κ1) is 11.9. The van der Waals surface area contributed by atoms with Gasteiger partial charge in [-0.2, -0.15) is 5.10 Å². The predicted octanol–water partition coefficient (Wildman–Crippen LogP) is 1.10. The van der Waals surface area contributed by atoms with Gasteiger partial charge in [0.1, 0.15) is 0 Å². The van der Waals surface area contributed by atoms with Crippen LogP contribution in [-0.2, 0) is 16.5 Å². The molecule has 1 aliphatic rings. The summed E-state index contributed by atoms with van der Waals surface area (Å²) in [6.45, 7) is 1.33. The van der Waals surface area contributed by atoms with Crippen LogP contribution < -0.4 is 5.32 Å². The average molecular weight is 246 g/mol. The molecule has 1 aliphatic heterocycles. The summed E-state index contributed by atoms with van der Waals surface area (Å²) in [6.07, 6.45) is 2.23. The van der Waals surface area contributed by atoms with E-state index in [1.165, 1.54) is 0 Å². The standard InChI is InChI=1S/C10H16ClN3O2/c1-12-8(5-9-15-3-4-16-9)10-7(11)6-13-14(10)2/h6,8-9,12H,3-5H2,1-2H3. The molecule has 0 bridgehead atoms. The van der Waals surface area contributed by atoms with Crippen LogP contribution >= 0.6 is 11.6 Å². The minimum absolute atomic E-state index is 0.0862. The number of nitrogens with one attached hydrogen (secondary N) is 1. The third kappa shape index (κ3) is 2.38. The number of nitrogens with zero attached hydrogens (tertiary/aromatic N) is 2. The summed E-state index contributed by atoms with van der Waals surface area (Å²) in [5.41, 5.74) is 0.961. The van der Waals surface area contributed by atoms with Gasteiger partial charge >= 0.3 is 0 Å². The second-order valence-corrected chi connectivity index (χ2v) is 4.16. The van der Waals surface area contributed by atoms with Crippen molar-refractivity contribution in [3.8, 4) is 0 Å². The fraction of sp³-hybridized carbons (Fsp3) is 0.700. The van der Waals surface area contributed by atoms with Crippen LogP contribution in [0.15, 0.2) is 6.20 Å². The summed E-state index contributed by atoms with van der Waals surface area (Å²) in [7, 11) is 3.77. The smallest absolute Gasteiger partial charge is 0.159 e. The van der Waals surface area contributed by atoms with Gasteiger partial charge < -0.3 is 14.8 Å². The number of hydrogen-bond acceptors (Lipinski definition) is 4. The first-order valence-electron chi connectivity index (χ1n) is 5.30. The van der Waals surface area contributed by atoms with Crippen LogP contribution in [-0.4, -0.2) is 36.3 Å². The van der Waals surface area contributed by atoms with E-state index in [0.717, 1.165) is 12.1 Å². The molecule has 1 atom stereocenters. The number of rotatable bonds is 4. The van der Waals surface area contributed by atoms with E-state index in [0.29, 0.717) is 18.2 Å². The van der Waals surface area contributed by atoms with Crippen molar-refractivity contribution in [1.82, 2.24) is 15.1 Å². The van der Waals surface area contributed by atoms with Gasteiger partial charge in [-0.3, -0.25) is 4.68 Å². The molecule has 1 aromatic rings. The zero-order chi connectivity index (χ0) is 11.5. The normalized spacial score (nSPS) is 19.2. The van der Waals surface area contributed by atoms with Crippen molar-refractivity contribution < 1.29 is 9.47 Å². The fourth-order valence-corrected chi connectivity index (χ4v) is 2.21. The Hall–Kier alpha value is -0.620. The summed E-state index contributed by atoms with van der Waals surface area (Å²) in [6, 6.07) is 0.0862. The van der Waals surface area contributed by atoms with E-state index in [4.69, 9.17) is 21.1 Å². The lowest BCUT2D eigenvalue weighted by Crippen LogP contribution is -2.25. The molecule has 5 nitrogen and oxygen atoms in total. The monoisotopic (exact) mass is 245 g/mol. The Labute approximate surface area is 99.7 Å². The summed E-state index contributed by atoms with van der Waals surface area (Å²) < 4.78 is 12.6. The zero-order valence-corrected chi connectivity index (χ0v) is 10.2. The van der Waals surface area contributed by atoms with E-state index in [1.807, 2.05) is 14.1 Å². The lowest BCUT2D eigenvalue weighted by Gasteiger charge is -2.20. The highest BCUT2D eigenvalue weighted by Gasteiger charge is 2.25. The highest BCUT2D eigenvalue weighted by Crippen LogP contribution is 2.27. The van der Waals surface area contributed by atoms with Crippen molar-refractivity contribution in [3.05, 3.63) is 16.9 Å². The molecule has 0 spiro atoms. The van der Waals surface area contributed by atoms with Crippen molar-refractivity contribution in [1.29, 1.82) is 0 Å². The van der Waals surface area contributed by atoms with Gasteiger partial charge in [-0.1, -0.05) is 11.6 Å². The number of aromatic nitrogens is 2. The predicted molar refractivity (Wildman–Crippen MR) is 60.3 cm³/mol. The number of aryl methyl sites for hydroxylation is 1. The van der Waals surface area contributed by atoms with E-state index in [-0.39, 0.29) is 12.3 Å². The van der Waals surface area contributed by atoms with Gasteiger partial charge in [-0.05, 0) is 7.05 Å². The highest BCUT2D eigenvalue weighted by molar-refractivity contribution is 6.31. The Kier molecular flexibility index (Phi) is 3.81. The summed E-state index contributed by atoms with van der Waals surface area (Å²) in [5.74, 6) is 0. The molecule has 0 aliphatic carbocycles. The molecule has 0 amide bonds. The van der Waals surface area contributed by atoms with Gasteiger partial charge in [-0.15, -0.1) is 0 Å². The van der Waals surface area contributed by atoms with Crippen LogP contribution in [0.25, 0.3) is 0 Å². The molecule has 6 heteroatoms. The summed E-state index contributed by atoms with van der Waals surface area (Å²) in [4.78, 5) is 0. The van der Waals surface area contributed by atoms with Gasteiger partial charge in [0, 0.05) is 13.5 Å². The molecule has 1 aromatic heterocycles. The third-order valence-electron chi connectivity index (χ3n) is 2.74. The maximum atomic E-state index is 6.10. The molecule has 90 valence electrons. The van der Waals surface area contributed by atoms with Gasteiger partial charge in [0.05, 0.1) is 36.2 Å². The van der Waals surface area contributed by atoms with Crippen LogP contribution in [0.2, 0.25) is 5.02 Å². The number of hydrogen-bond donors (Lipinski definition) is 1. The Morgan fingerprint density at radius 1 is 1.62 bits per heavy atom. The molecule has 1 saturated heterocycles. The minimum atomic E-state index is -0.150. The maximum Gasteiger partial charge on any atom is 0.159 e. The summed E-state index contributed by atoms with van der Waals surface area (Å²) >= 11 is 6.10. The Balaban J connectivity index is 2.09. The topological polar surface area (TPSA) is 48.3 Å². The molecule has 1 fully saturated rings. The van der Waals surface area contributed by atoms with Gasteiger partial charge in [0.25, 0.3) is 0 Å². The number of ether oxygens (including phenoxy) is 2. The second-order valence-electron chi connectivity index (χ2n) is 3.75. The number of halogens is 1. The van der Waals surface area contributed by atoms with Gasteiger partial charge in [0.2, 0.25) is 0 Å². The van der Waals surface area contributed by atoms with Crippen molar-refractivity contribution >= 4 is 11.6 Å². The molecular weight excluding hydrogens is 230 g/mol. The van der Waals surface area contributed by atoms with E-state index in [9.17, 15) is 0 Å². The molecule has 0 saturated carbocycles. The molecular formula is C10H16ClN3O2. The maximum absolute atomic E-state index is 6.10. The quantitative estimate of drug-likeness (QED) is 0.863. The van der Waals surface area contributed by atoms with E-state index < -0.39 is 0 Å². The second kappa shape index (κ2) is 5.14. The third-order valence-corrected chi connectivity index (χ3v) is 3.03. The molecule has 1 N–H and O–H groups in total. The van der Waals surface area contributed by atoms with Gasteiger partial charge in [-0.25, -0.2) is 0 Å². The lowest BCUT2D eigenvalue weighted by molar-refractivity contribution is -0.0530. The Bertz CT molecular complexity index is 330. The Morgan fingerprint density at radius 2 is 2.31 bits per heavy atom. The van der Waals surface area contributed by atoms with Crippen molar-refractivity contribution in [2.24, 2.45) is 7.05 Å². The fourth-order valence-electron chi connectivity index (χ4n) is 1.91. The van der Waals surface area contributed by atoms with E-state index >= 15 is 0 Å². The van der Waals surface area contributed by atoms with Crippen LogP contribution in [0.5, 0.6) is 0 Å². The Morgan fingerprint density at radius 3 is 2.81 bits per heavy atom. The van der Waals surface area contributed by atoms with Crippen molar-refractivity contribution in [2.75, 3.05) is 20.3 Å². The van der Waals surface area contributed by atoms with Crippen molar-refractivity contribution in [2.45, 2.75) is 18.8 Å². The molecule has 16 heavy (non-hydrogen) atoms. The highest BCUT2D eigenvalue weighted by atomic mass is 35.5. The molecule has 1 unspecified atom stereocenters.